The second kappa shape index (κ2) is 5.48. The lowest BCUT2D eigenvalue weighted by atomic mass is 9.66. The van der Waals surface area contributed by atoms with Crippen molar-refractivity contribution in [3.8, 4) is 0 Å². The molecule has 2 fully saturated rings. The quantitative estimate of drug-likeness (QED) is 0.889. The number of fused-ring (bicyclic) bond motifs is 2. The van der Waals surface area contributed by atoms with Crippen LogP contribution in [0.5, 0.6) is 0 Å². The van der Waals surface area contributed by atoms with Gasteiger partial charge in [0.25, 0.3) is 0 Å². The van der Waals surface area contributed by atoms with E-state index in [2.05, 4.69) is 10.2 Å². The van der Waals surface area contributed by atoms with Crippen LogP contribution in [0.4, 0.5) is 0 Å². The molecule has 0 aliphatic heterocycles. The second-order valence-electron chi connectivity index (χ2n) is 6.83. The van der Waals surface area contributed by atoms with Gasteiger partial charge in [-0.15, -0.1) is 0 Å². The normalized spacial score (nSPS) is 27.8. The summed E-state index contributed by atoms with van der Waals surface area (Å²) in [5.41, 5.74) is 1.55. The summed E-state index contributed by atoms with van der Waals surface area (Å²) in [6.07, 6.45) is 6.35. The van der Waals surface area contributed by atoms with Crippen LogP contribution in [0.2, 0.25) is 0 Å². The number of carboxylic acid groups (broad SMARTS) is 1. The molecule has 0 amide bonds. The number of Topliss-reactive ketones (excluding diaryl/α,β-unsaturated/α-hetero) is 1. The van der Waals surface area contributed by atoms with Crippen molar-refractivity contribution in [3.05, 3.63) is 29.5 Å². The van der Waals surface area contributed by atoms with E-state index in [9.17, 15) is 14.7 Å². The maximum atomic E-state index is 13.0. The van der Waals surface area contributed by atoms with E-state index in [-0.39, 0.29) is 23.2 Å². The highest BCUT2D eigenvalue weighted by Gasteiger charge is 2.41. The summed E-state index contributed by atoms with van der Waals surface area (Å²) in [4.78, 5) is 24.5. The Morgan fingerprint density at radius 1 is 1.17 bits per heavy atom. The van der Waals surface area contributed by atoms with Crippen LogP contribution in [-0.4, -0.2) is 27.1 Å². The summed E-state index contributed by atoms with van der Waals surface area (Å²) in [6.45, 7) is 0. The highest BCUT2D eigenvalue weighted by atomic mass is 16.4. The fraction of sp³-hybridized carbons (Fsp3) is 0.500. The Hall–Kier alpha value is -2.17. The number of carbonyl (C=O) groups is 2. The van der Waals surface area contributed by atoms with Gasteiger partial charge in [-0.2, -0.15) is 5.10 Å². The van der Waals surface area contributed by atoms with Gasteiger partial charge in [0, 0.05) is 11.3 Å². The lowest BCUT2D eigenvalue weighted by Crippen LogP contribution is -2.36. The molecule has 0 spiro atoms. The third-order valence-corrected chi connectivity index (χ3v) is 5.63. The van der Waals surface area contributed by atoms with Crippen molar-refractivity contribution < 1.29 is 14.7 Å². The van der Waals surface area contributed by atoms with Crippen molar-refractivity contribution in [2.75, 3.05) is 0 Å². The third kappa shape index (κ3) is 2.26. The molecule has 0 saturated heterocycles. The van der Waals surface area contributed by atoms with Crippen molar-refractivity contribution >= 4 is 22.7 Å². The van der Waals surface area contributed by atoms with Gasteiger partial charge in [-0.3, -0.25) is 9.89 Å². The van der Waals surface area contributed by atoms with Gasteiger partial charge < -0.3 is 5.11 Å². The molecule has 2 aliphatic rings. The smallest absolute Gasteiger partial charge is 0.336 e. The molecule has 1 heterocycles. The Morgan fingerprint density at radius 2 is 2.00 bits per heavy atom. The number of hydrogen-bond donors (Lipinski definition) is 2. The van der Waals surface area contributed by atoms with Gasteiger partial charge >= 0.3 is 5.97 Å². The molecule has 2 N–H and O–H groups in total. The van der Waals surface area contributed by atoms with Gasteiger partial charge in [-0.25, -0.2) is 4.79 Å². The number of carboxylic acids is 1. The van der Waals surface area contributed by atoms with Crippen LogP contribution >= 0.6 is 0 Å². The number of carbonyl (C=O) groups excluding carboxylic acids is 1. The molecular formula is C18H20N2O3. The first-order valence-electron chi connectivity index (χ1n) is 8.41. The lowest BCUT2D eigenvalue weighted by Gasteiger charge is -2.37. The van der Waals surface area contributed by atoms with Crippen LogP contribution in [-0.2, 0) is 4.79 Å². The number of nitrogens with one attached hydrogen (secondary N) is 1. The summed E-state index contributed by atoms with van der Waals surface area (Å²) in [7, 11) is 0. The Labute approximate surface area is 134 Å². The Kier molecular flexibility index (Phi) is 3.43. The van der Waals surface area contributed by atoms with Crippen LogP contribution in [0.3, 0.4) is 0 Å². The first kappa shape index (κ1) is 14.4. The van der Waals surface area contributed by atoms with Gasteiger partial charge in [-0.1, -0.05) is 18.9 Å². The minimum Gasteiger partial charge on any atom is -0.478 e. The minimum atomic E-state index is -0.975. The van der Waals surface area contributed by atoms with Gasteiger partial charge in [-0.05, 0) is 43.7 Å². The Morgan fingerprint density at radius 3 is 2.83 bits per heavy atom. The number of H-pyrrole nitrogens is 1. The van der Waals surface area contributed by atoms with Gasteiger partial charge in [0.1, 0.15) is 5.78 Å². The summed E-state index contributed by atoms with van der Waals surface area (Å²) < 4.78 is 0. The molecule has 2 aliphatic carbocycles. The van der Waals surface area contributed by atoms with Crippen LogP contribution < -0.4 is 0 Å². The van der Waals surface area contributed by atoms with Crippen LogP contribution in [0.25, 0.3) is 10.9 Å². The molecule has 3 unspecified atom stereocenters. The van der Waals surface area contributed by atoms with Gasteiger partial charge in [0.2, 0.25) is 0 Å². The van der Waals surface area contributed by atoms with E-state index in [1.807, 2.05) is 0 Å². The highest BCUT2D eigenvalue weighted by Crippen LogP contribution is 2.44. The standard InChI is InChI=1S/C18H20N2O3/c21-17-11-5-2-1-4-10(11)8-9-13(17)16-15-12(18(22)23)6-3-7-14(15)19-20-16/h3,6-7,10-11,13H,1-2,4-5,8-9H2,(H,19,20)(H,22,23). The predicted octanol–water partition coefficient (Wildman–Crippen LogP) is 3.51. The lowest BCUT2D eigenvalue weighted by molar-refractivity contribution is -0.129. The van der Waals surface area contributed by atoms with Crippen molar-refractivity contribution in [1.29, 1.82) is 0 Å². The average molecular weight is 312 g/mol. The molecule has 1 aromatic carbocycles. The predicted molar refractivity (Wildman–Crippen MR) is 85.5 cm³/mol. The van der Waals surface area contributed by atoms with E-state index in [4.69, 9.17) is 0 Å². The van der Waals surface area contributed by atoms with E-state index in [0.29, 0.717) is 22.5 Å². The molecule has 0 radical (unpaired) electrons. The number of ketones is 1. The van der Waals surface area contributed by atoms with E-state index in [0.717, 1.165) is 32.1 Å². The maximum Gasteiger partial charge on any atom is 0.336 e. The van der Waals surface area contributed by atoms with Crippen LogP contribution in [0.15, 0.2) is 18.2 Å². The summed E-state index contributed by atoms with van der Waals surface area (Å²) in [5, 5.41) is 17.3. The van der Waals surface area contributed by atoms with Crippen molar-refractivity contribution in [1.82, 2.24) is 10.2 Å². The number of rotatable bonds is 2. The van der Waals surface area contributed by atoms with Crippen molar-refractivity contribution in [2.45, 2.75) is 44.4 Å². The first-order chi connectivity index (χ1) is 11.2. The number of benzene rings is 1. The third-order valence-electron chi connectivity index (χ3n) is 5.63. The molecule has 2 aromatic rings. The topological polar surface area (TPSA) is 83.0 Å². The largest absolute Gasteiger partial charge is 0.478 e. The molecule has 2 saturated carbocycles. The number of aromatic amines is 1. The first-order valence-corrected chi connectivity index (χ1v) is 8.41. The van der Waals surface area contributed by atoms with E-state index in [1.54, 1.807) is 18.2 Å². The number of aromatic nitrogens is 2. The van der Waals surface area contributed by atoms with Crippen molar-refractivity contribution in [2.24, 2.45) is 11.8 Å². The zero-order valence-corrected chi connectivity index (χ0v) is 12.9. The molecular weight excluding hydrogens is 292 g/mol. The highest BCUT2D eigenvalue weighted by molar-refractivity contribution is 6.05. The second-order valence-corrected chi connectivity index (χ2v) is 6.83. The van der Waals surface area contributed by atoms with Crippen LogP contribution in [0, 0.1) is 11.8 Å². The summed E-state index contributed by atoms with van der Waals surface area (Å²) in [5.74, 6) is -0.248. The van der Waals surface area contributed by atoms with Gasteiger partial charge in [0.15, 0.2) is 0 Å². The molecule has 0 bridgehead atoms. The monoisotopic (exact) mass is 312 g/mol. The molecule has 3 atom stereocenters. The van der Waals surface area contributed by atoms with Crippen LogP contribution in [0.1, 0.15) is 60.5 Å². The molecule has 23 heavy (non-hydrogen) atoms. The number of aromatic carboxylic acids is 1. The van der Waals surface area contributed by atoms with E-state index in [1.165, 1.54) is 6.42 Å². The Bertz CT molecular complexity index is 780. The molecule has 120 valence electrons. The van der Waals surface area contributed by atoms with Crippen molar-refractivity contribution in [3.63, 3.8) is 0 Å². The van der Waals surface area contributed by atoms with Gasteiger partial charge in [0.05, 0.1) is 22.7 Å². The number of hydrogen-bond acceptors (Lipinski definition) is 3. The zero-order valence-electron chi connectivity index (χ0n) is 12.9. The molecule has 5 heteroatoms. The minimum absolute atomic E-state index is 0.151. The summed E-state index contributed by atoms with van der Waals surface area (Å²) >= 11 is 0. The fourth-order valence-corrected chi connectivity index (χ4v) is 4.52. The molecule has 5 nitrogen and oxygen atoms in total. The molecule has 4 rings (SSSR count). The fourth-order valence-electron chi connectivity index (χ4n) is 4.52. The number of nitrogens with zero attached hydrogens (tertiary/aromatic N) is 1. The Balaban J connectivity index is 1.77. The zero-order chi connectivity index (χ0) is 16.0. The summed E-state index contributed by atoms with van der Waals surface area (Å²) in [6, 6.07) is 5.06. The SMILES string of the molecule is O=C(O)c1cccc2n[nH]c(C3CCC4CCCCC4C3=O)c12. The maximum absolute atomic E-state index is 13.0. The molecule has 1 aromatic heterocycles. The van der Waals surface area contributed by atoms with E-state index < -0.39 is 5.97 Å². The van der Waals surface area contributed by atoms with E-state index >= 15 is 0 Å². The average Bonchev–Trinajstić information content (AvgIpc) is 2.99.